The Labute approximate surface area is 119 Å². The summed E-state index contributed by atoms with van der Waals surface area (Å²) in [5.41, 5.74) is 6.74. The molecular weight excluding hydrogens is 280 g/mol. The van der Waals surface area contributed by atoms with Gasteiger partial charge in [-0.15, -0.1) is 0 Å². The lowest BCUT2D eigenvalue weighted by Gasteiger charge is -2.18. The predicted octanol–water partition coefficient (Wildman–Crippen LogP) is 1.15. The molecule has 0 bridgehead atoms. The lowest BCUT2D eigenvalue weighted by atomic mass is 10.2. The van der Waals surface area contributed by atoms with Crippen molar-refractivity contribution < 1.29 is 17.9 Å². The van der Waals surface area contributed by atoms with Gasteiger partial charge < -0.3 is 10.5 Å². The van der Waals surface area contributed by atoms with Crippen molar-refractivity contribution >= 4 is 21.7 Å². The first-order chi connectivity index (χ1) is 9.28. The van der Waals surface area contributed by atoms with Crippen molar-refractivity contribution in [1.29, 1.82) is 0 Å². The van der Waals surface area contributed by atoms with Crippen LogP contribution in [0.25, 0.3) is 0 Å². The van der Waals surface area contributed by atoms with Crippen LogP contribution in [0.4, 0.5) is 5.69 Å². The van der Waals surface area contributed by atoms with Crippen molar-refractivity contribution in [2.75, 3.05) is 26.4 Å². The van der Waals surface area contributed by atoms with Crippen molar-refractivity contribution in [3.8, 4) is 0 Å². The minimum Gasteiger partial charge on any atom is -0.469 e. The van der Waals surface area contributed by atoms with Crippen LogP contribution in [-0.2, 0) is 19.6 Å². The highest BCUT2D eigenvalue weighted by Crippen LogP contribution is 2.21. The van der Waals surface area contributed by atoms with Gasteiger partial charge in [-0.25, -0.2) is 12.7 Å². The second-order valence-electron chi connectivity index (χ2n) is 4.53. The second-order valence-corrected chi connectivity index (χ2v) is 6.54. The van der Waals surface area contributed by atoms with Gasteiger partial charge >= 0.3 is 5.97 Å². The zero-order valence-corrected chi connectivity index (χ0v) is 12.7. The van der Waals surface area contributed by atoms with Crippen LogP contribution < -0.4 is 5.73 Å². The van der Waals surface area contributed by atoms with E-state index in [1.54, 1.807) is 19.1 Å². The van der Waals surface area contributed by atoms with Crippen LogP contribution in [-0.4, -0.2) is 39.4 Å². The van der Waals surface area contributed by atoms with E-state index < -0.39 is 10.0 Å². The van der Waals surface area contributed by atoms with Gasteiger partial charge in [-0.1, -0.05) is 0 Å². The molecule has 0 aromatic heterocycles. The number of aryl methyl sites for hydroxylation is 1. The number of hydrogen-bond donors (Lipinski definition) is 1. The van der Waals surface area contributed by atoms with E-state index in [1.807, 2.05) is 0 Å². The number of hydrogen-bond acceptors (Lipinski definition) is 5. The molecule has 2 N–H and O–H groups in total. The molecule has 0 saturated carbocycles. The lowest BCUT2D eigenvalue weighted by Crippen LogP contribution is -2.29. The summed E-state index contributed by atoms with van der Waals surface area (Å²) in [5, 5.41) is 0. The Hall–Kier alpha value is -1.60. The fraction of sp³-hybridized carbons (Fsp3) is 0.462. The quantitative estimate of drug-likeness (QED) is 0.629. The normalized spacial score (nSPS) is 11.6. The van der Waals surface area contributed by atoms with E-state index in [-0.39, 0.29) is 23.8 Å². The fourth-order valence-corrected chi connectivity index (χ4v) is 3.21. The van der Waals surface area contributed by atoms with Crippen molar-refractivity contribution in [3.05, 3.63) is 23.8 Å². The summed E-state index contributed by atoms with van der Waals surface area (Å²) < 4.78 is 30.5. The van der Waals surface area contributed by atoms with Gasteiger partial charge in [0, 0.05) is 25.7 Å². The standard InChI is InChI=1S/C13H20N2O4S/c1-10-9-11(14)6-7-12(10)20(17,18)15(2)8-4-5-13(16)19-3/h6-7,9H,4-5,8,14H2,1-3H3. The van der Waals surface area contributed by atoms with Gasteiger partial charge in [-0.05, 0) is 37.1 Å². The van der Waals surface area contributed by atoms with Gasteiger partial charge in [-0.2, -0.15) is 0 Å². The van der Waals surface area contributed by atoms with Crippen molar-refractivity contribution in [2.24, 2.45) is 0 Å². The van der Waals surface area contributed by atoms with E-state index >= 15 is 0 Å². The van der Waals surface area contributed by atoms with Crippen molar-refractivity contribution in [1.82, 2.24) is 4.31 Å². The van der Waals surface area contributed by atoms with Gasteiger partial charge in [-0.3, -0.25) is 4.79 Å². The third kappa shape index (κ3) is 3.94. The molecule has 0 fully saturated rings. The van der Waals surface area contributed by atoms with E-state index in [1.165, 1.54) is 24.5 Å². The van der Waals surface area contributed by atoms with Gasteiger partial charge in [0.05, 0.1) is 12.0 Å². The summed E-state index contributed by atoms with van der Waals surface area (Å²) in [6, 6.07) is 4.67. The zero-order valence-electron chi connectivity index (χ0n) is 11.9. The van der Waals surface area contributed by atoms with Crippen LogP contribution in [0.15, 0.2) is 23.1 Å². The Morgan fingerprint density at radius 2 is 2.05 bits per heavy atom. The van der Waals surface area contributed by atoms with Crippen LogP contribution in [0.2, 0.25) is 0 Å². The Morgan fingerprint density at radius 3 is 2.60 bits per heavy atom. The molecule has 1 aromatic carbocycles. The number of rotatable bonds is 6. The molecule has 7 heteroatoms. The molecule has 0 aliphatic carbocycles. The van der Waals surface area contributed by atoms with Gasteiger partial charge in [0.2, 0.25) is 10.0 Å². The number of esters is 1. The number of nitrogens with zero attached hydrogens (tertiary/aromatic N) is 1. The Balaban J connectivity index is 2.79. The first kappa shape index (κ1) is 16.5. The van der Waals surface area contributed by atoms with Gasteiger partial charge in [0.1, 0.15) is 0 Å². The van der Waals surface area contributed by atoms with Crippen molar-refractivity contribution in [2.45, 2.75) is 24.7 Å². The average Bonchev–Trinajstić information content (AvgIpc) is 2.37. The minimum atomic E-state index is -3.57. The minimum absolute atomic E-state index is 0.192. The number of carbonyl (C=O) groups excluding carboxylic acids is 1. The maximum absolute atomic E-state index is 12.4. The third-order valence-corrected chi connectivity index (χ3v) is 4.99. The maximum Gasteiger partial charge on any atom is 0.305 e. The summed E-state index contributed by atoms with van der Waals surface area (Å²) in [5.74, 6) is -0.348. The van der Waals surface area contributed by atoms with Crippen LogP contribution in [0.5, 0.6) is 0 Å². The Bertz CT molecular complexity index is 584. The first-order valence-corrected chi connectivity index (χ1v) is 7.62. The number of ether oxygens (including phenoxy) is 1. The molecule has 20 heavy (non-hydrogen) atoms. The number of sulfonamides is 1. The van der Waals surface area contributed by atoms with Crippen molar-refractivity contribution in [3.63, 3.8) is 0 Å². The molecule has 0 spiro atoms. The molecule has 0 radical (unpaired) electrons. The van der Waals surface area contributed by atoms with E-state index in [0.29, 0.717) is 17.7 Å². The number of carbonyl (C=O) groups is 1. The highest BCUT2D eigenvalue weighted by Gasteiger charge is 2.22. The highest BCUT2D eigenvalue weighted by molar-refractivity contribution is 7.89. The van der Waals surface area contributed by atoms with Crippen LogP contribution in [0, 0.1) is 6.92 Å². The number of anilines is 1. The SMILES string of the molecule is COC(=O)CCCN(C)S(=O)(=O)c1ccc(N)cc1C. The van der Waals surface area contributed by atoms with Crippen LogP contribution in [0.3, 0.4) is 0 Å². The first-order valence-electron chi connectivity index (χ1n) is 6.18. The summed E-state index contributed by atoms with van der Waals surface area (Å²) >= 11 is 0. The predicted molar refractivity (Wildman–Crippen MR) is 76.7 cm³/mol. The maximum atomic E-state index is 12.4. The molecule has 0 saturated heterocycles. The van der Waals surface area contributed by atoms with Crippen LogP contribution >= 0.6 is 0 Å². The topological polar surface area (TPSA) is 89.7 Å². The van der Waals surface area contributed by atoms with E-state index in [2.05, 4.69) is 4.74 Å². The number of benzene rings is 1. The smallest absolute Gasteiger partial charge is 0.305 e. The molecule has 1 rings (SSSR count). The van der Waals surface area contributed by atoms with E-state index in [9.17, 15) is 13.2 Å². The van der Waals surface area contributed by atoms with Crippen LogP contribution in [0.1, 0.15) is 18.4 Å². The van der Waals surface area contributed by atoms with Gasteiger partial charge in [0.15, 0.2) is 0 Å². The largest absolute Gasteiger partial charge is 0.469 e. The average molecular weight is 300 g/mol. The molecule has 0 aliphatic heterocycles. The zero-order chi connectivity index (χ0) is 15.3. The molecule has 112 valence electrons. The molecule has 0 amide bonds. The number of nitrogens with two attached hydrogens (primary N) is 1. The summed E-state index contributed by atoms with van der Waals surface area (Å²) in [7, 11) is -0.771. The second kappa shape index (κ2) is 6.71. The molecule has 0 aliphatic rings. The fourth-order valence-electron chi connectivity index (χ4n) is 1.80. The van der Waals surface area contributed by atoms with E-state index in [0.717, 1.165) is 0 Å². The molecular formula is C13H20N2O4S. The summed E-state index contributed by atoms with van der Waals surface area (Å²) in [4.78, 5) is 11.2. The summed E-state index contributed by atoms with van der Waals surface area (Å²) in [6.45, 7) is 1.95. The third-order valence-electron chi connectivity index (χ3n) is 2.97. The number of methoxy groups -OCH3 is 1. The lowest BCUT2D eigenvalue weighted by molar-refractivity contribution is -0.140. The monoisotopic (exact) mass is 300 g/mol. The molecule has 0 unspecified atom stereocenters. The highest BCUT2D eigenvalue weighted by atomic mass is 32.2. The van der Waals surface area contributed by atoms with Gasteiger partial charge in [0.25, 0.3) is 0 Å². The Morgan fingerprint density at radius 1 is 1.40 bits per heavy atom. The van der Waals surface area contributed by atoms with E-state index in [4.69, 9.17) is 5.73 Å². The molecule has 1 aromatic rings. The summed E-state index contributed by atoms with van der Waals surface area (Å²) in [6.07, 6.45) is 0.605. The number of nitrogen functional groups attached to an aromatic ring is 1. The molecule has 0 heterocycles. The molecule has 6 nitrogen and oxygen atoms in total. The molecule has 0 atom stereocenters. The Kier molecular flexibility index (Phi) is 5.52.